The van der Waals surface area contributed by atoms with Gasteiger partial charge in [0.1, 0.15) is 5.82 Å². The fourth-order valence-corrected chi connectivity index (χ4v) is 1.87. The molecule has 16 heavy (non-hydrogen) atoms. The summed E-state index contributed by atoms with van der Waals surface area (Å²) in [4.78, 5) is 19.3. The largest absolute Gasteiger partial charge is 0.464 e. The van der Waals surface area contributed by atoms with Crippen molar-refractivity contribution in [3.05, 3.63) is 18.1 Å². The lowest BCUT2D eigenvalue weighted by molar-refractivity contribution is 0.0593. The van der Waals surface area contributed by atoms with Crippen molar-refractivity contribution in [2.24, 2.45) is 5.92 Å². The van der Waals surface area contributed by atoms with Crippen LogP contribution in [0.3, 0.4) is 0 Å². The number of aromatic nitrogens is 2. The minimum absolute atomic E-state index is 0.236. The molecule has 2 rings (SSSR count). The molecule has 0 amide bonds. The van der Waals surface area contributed by atoms with Crippen molar-refractivity contribution in [1.29, 1.82) is 0 Å². The second kappa shape index (κ2) is 4.47. The minimum Gasteiger partial charge on any atom is -0.464 e. The highest BCUT2D eigenvalue weighted by molar-refractivity contribution is 5.87. The van der Waals surface area contributed by atoms with E-state index in [0.29, 0.717) is 11.9 Å². The quantitative estimate of drug-likeness (QED) is 0.783. The predicted molar refractivity (Wildman–Crippen MR) is 59.2 cm³/mol. The number of anilines is 1. The van der Waals surface area contributed by atoms with E-state index in [1.54, 1.807) is 6.20 Å². The van der Waals surface area contributed by atoms with E-state index in [4.69, 9.17) is 0 Å². The van der Waals surface area contributed by atoms with Crippen LogP contribution in [-0.2, 0) is 4.74 Å². The van der Waals surface area contributed by atoms with E-state index in [2.05, 4.69) is 26.9 Å². The van der Waals surface area contributed by atoms with E-state index in [0.717, 1.165) is 18.8 Å². The van der Waals surface area contributed by atoms with Gasteiger partial charge in [0.15, 0.2) is 5.69 Å². The number of carbonyl (C=O) groups excluding carboxylic acids is 1. The summed E-state index contributed by atoms with van der Waals surface area (Å²) in [5, 5.41) is 3.25. The van der Waals surface area contributed by atoms with E-state index < -0.39 is 5.97 Å². The molecule has 0 bridgehead atoms. The van der Waals surface area contributed by atoms with Gasteiger partial charge >= 0.3 is 5.97 Å². The molecule has 0 radical (unpaired) electrons. The van der Waals surface area contributed by atoms with Crippen LogP contribution in [0.5, 0.6) is 0 Å². The monoisotopic (exact) mass is 221 g/mol. The third-order valence-corrected chi connectivity index (χ3v) is 2.75. The average molecular weight is 221 g/mol. The zero-order valence-corrected chi connectivity index (χ0v) is 9.43. The molecular weight excluding hydrogens is 206 g/mol. The van der Waals surface area contributed by atoms with Crippen LogP contribution >= 0.6 is 0 Å². The summed E-state index contributed by atoms with van der Waals surface area (Å²) < 4.78 is 4.58. The molecule has 86 valence electrons. The van der Waals surface area contributed by atoms with Crippen LogP contribution in [-0.4, -0.2) is 29.1 Å². The van der Waals surface area contributed by atoms with Crippen molar-refractivity contribution in [3.63, 3.8) is 0 Å². The standard InChI is InChI=1S/C11H15N3O2/c1-7-3-8(4-7)13-10-6-12-5-9(14-10)11(15)16-2/h5-8H,3-4H2,1-2H3,(H,13,14). The summed E-state index contributed by atoms with van der Waals surface area (Å²) in [6.45, 7) is 2.22. The zero-order chi connectivity index (χ0) is 11.5. The Labute approximate surface area is 94.2 Å². The Hall–Kier alpha value is -1.65. The van der Waals surface area contributed by atoms with Gasteiger partial charge in [0, 0.05) is 6.04 Å². The fourth-order valence-electron chi connectivity index (χ4n) is 1.87. The van der Waals surface area contributed by atoms with Gasteiger partial charge in [-0.3, -0.25) is 4.98 Å². The Balaban J connectivity index is 2.02. The third kappa shape index (κ3) is 2.29. The van der Waals surface area contributed by atoms with E-state index in [9.17, 15) is 4.79 Å². The third-order valence-electron chi connectivity index (χ3n) is 2.75. The van der Waals surface area contributed by atoms with Crippen LogP contribution in [0.25, 0.3) is 0 Å². The van der Waals surface area contributed by atoms with Gasteiger partial charge in [-0.05, 0) is 18.8 Å². The van der Waals surface area contributed by atoms with Gasteiger partial charge in [0.25, 0.3) is 0 Å². The summed E-state index contributed by atoms with van der Waals surface area (Å²) in [6.07, 6.45) is 5.31. The van der Waals surface area contributed by atoms with Crippen LogP contribution < -0.4 is 5.32 Å². The Morgan fingerprint density at radius 3 is 2.88 bits per heavy atom. The lowest BCUT2D eigenvalue weighted by Gasteiger charge is -2.33. The Morgan fingerprint density at radius 2 is 2.25 bits per heavy atom. The molecule has 0 aliphatic heterocycles. The van der Waals surface area contributed by atoms with Crippen molar-refractivity contribution >= 4 is 11.8 Å². The van der Waals surface area contributed by atoms with E-state index in [-0.39, 0.29) is 5.69 Å². The second-order valence-corrected chi connectivity index (χ2v) is 4.20. The van der Waals surface area contributed by atoms with Crippen molar-refractivity contribution in [1.82, 2.24) is 9.97 Å². The zero-order valence-electron chi connectivity index (χ0n) is 9.43. The second-order valence-electron chi connectivity index (χ2n) is 4.20. The Morgan fingerprint density at radius 1 is 1.50 bits per heavy atom. The number of nitrogens with zero attached hydrogens (tertiary/aromatic N) is 2. The fraction of sp³-hybridized carbons (Fsp3) is 0.545. The highest BCUT2D eigenvalue weighted by Crippen LogP contribution is 2.28. The average Bonchev–Trinajstić information content (AvgIpc) is 2.26. The van der Waals surface area contributed by atoms with Crippen LogP contribution in [0.2, 0.25) is 0 Å². The number of nitrogens with one attached hydrogen (secondary N) is 1. The first-order chi connectivity index (χ1) is 7.69. The number of esters is 1. The molecule has 0 aromatic carbocycles. The normalized spacial score (nSPS) is 23.4. The van der Waals surface area contributed by atoms with Crippen LogP contribution in [0.4, 0.5) is 5.82 Å². The minimum atomic E-state index is -0.460. The Kier molecular flexibility index (Phi) is 3.03. The molecule has 5 heteroatoms. The molecule has 0 atom stereocenters. The molecule has 1 aliphatic carbocycles. The molecule has 1 aromatic heterocycles. The van der Waals surface area contributed by atoms with Crippen molar-refractivity contribution in [3.8, 4) is 0 Å². The molecule has 1 aromatic rings. The van der Waals surface area contributed by atoms with Gasteiger partial charge in [0.05, 0.1) is 19.5 Å². The van der Waals surface area contributed by atoms with Crippen LogP contribution in [0.15, 0.2) is 12.4 Å². The number of hydrogen-bond acceptors (Lipinski definition) is 5. The molecule has 1 saturated carbocycles. The lowest BCUT2D eigenvalue weighted by Crippen LogP contribution is -2.34. The molecule has 1 N–H and O–H groups in total. The maximum absolute atomic E-state index is 11.2. The predicted octanol–water partition coefficient (Wildman–Crippen LogP) is 1.47. The van der Waals surface area contributed by atoms with Gasteiger partial charge in [-0.25, -0.2) is 9.78 Å². The molecule has 5 nitrogen and oxygen atoms in total. The molecular formula is C11H15N3O2. The van der Waals surface area contributed by atoms with Gasteiger partial charge in [-0.15, -0.1) is 0 Å². The van der Waals surface area contributed by atoms with Gasteiger partial charge < -0.3 is 10.1 Å². The number of methoxy groups -OCH3 is 1. The van der Waals surface area contributed by atoms with Gasteiger partial charge in [0.2, 0.25) is 0 Å². The van der Waals surface area contributed by atoms with Crippen LogP contribution in [0, 0.1) is 5.92 Å². The first-order valence-corrected chi connectivity index (χ1v) is 5.36. The van der Waals surface area contributed by atoms with E-state index >= 15 is 0 Å². The summed E-state index contributed by atoms with van der Waals surface area (Å²) >= 11 is 0. The number of hydrogen-bond donors (Lipinski definition) is 1. The SMILES string of the molecule is COC(=O)c1cncc(NC2CC(C)C2)n1. The maximum Gasteiger partial charge on any atom is 0.358 e. The van der Waals surface area contributed by atoms with Crippen LogP contribution in [0.1, 0.15) is 30.3 Å². The number of carbonyl (C=O) groups is 1. The summed E-state index contributed by atoms with van der Waals surface area (Å²) in [5.74, 6) is 0.951. The van der Waals surface area contributed by atoms with Gasteiger partial charge in [-0.2, -0.15) is 0 Å². The first kappa shape index (κ1) is 10.9. The molecule has 1 heterocycles. The topological polar surface area (TPSA) is 64.1 Å². The highest BCUT2D eigenvalue weighted by Gasteiger charge is 2.25. The lowest BCUT2D eigenvalue weighted by atomic mass is 9.82. The Bertz CT molecular complexity index is 389. The molecule has 1 fully saturated rings. The smallest absolute Gasteiger partial charge is 0.358 e. The molecule has 0 saturated heterocycles. The molecule has 1 aliphatic rings. The highest BCUT2D eigenvalue weighted by atomic mass is 16.5. The summed E-state index contributed by atoms with van der Waals surface area (Å²) in [6, 6.07) is 0.456. The number of ether oxygens (including phenoxy) is 1. The summed E-state index contributed by atoms with van der Waals surface area (Å²) in [5.41, 5.74) is 0.236. The molecule has 0 spiro atoms. The van der Waals surface area contributed by atoms with E-state index in [1.165, 1.54) is 13.3 Å². The maximum atomic E-state index is 11.2. The van der Waals surface area contributed by atoms with Crippen molar-refractivity contribution in [2.75, 3.05) is 12.4 Å². The van der Waals surface area contributed by atoms with Crippen molar-refractivity contribution in [2.45, 2.75) is 25.8 Å². The van der Waals surface area contributed by atoms with Gasteiger partial charge in [-0.1, -0.05) is 6.92 Å². The first-order valence-electron chi connectivity index (χ1n) is 5.36. The number of rotatable bonds is 3. The van der Waals surface area contributed by atoms with E-state index in [1.807, 2.05) is 0 Å². The van der Waals surface area contributed by atoms with Crippen molar-refractivity contribution < 1.29 is 9.53 Å². The molecule has 0 unspecified atom stereocenters. The summed E-state index contributed by atoms with van der Waals surface area (Å²) in [7, 11) is 1.33.